The number of nitrogens with one attached hydrogen (secondary N) is 1. The van der Waals surface area contributed by atoms with Gasteiger partial charge in [-0.05, 0) is 12.5 Å². The van der Waals surface area contributed by atoms with Crippen LogP contribution in [0.15, 0.2) is 30.3 Å². The number of ether oxygens (including phenoxy) is 1. The zero-order valence-corrected chi connectivity index (χ0v) is 12.5. The number of thioether (sulfide) groups is 1. The number of amides is 1. The molecule has 0 unspecified atom stereocenters. The summed E-state index contributed by atoms with van der Waals surface area (Å²) in [4.78, 5) is 14.5. The molecule has 0 bridgehead atoms. The molecule has 3 rings (SSSR count). The summed E-state index contributed by atoms with van der Waals surface area (Å²) >= 11 is 1.78. The highest BCUT2D eigenvalue weighted by Crippen LogP contribution is 2.29. The summed E-state index contributed by atoms with van der Waals surface area (Å²) in [7, 11) is 0. The van der Waals surface area contributed by atoms with Gasteiger partial charge in [0.25, 0.3) is 0 Å². The van der Waals surface area contributed by atoms with Crippen molar-refractivity contribution in [3.05, 3.63) is 35.9 Å². The minimum atomic E-state index is -0.402. The van der Waals surface area contributed by atoms with E-state index in [0.29, 0.717) is 19.7 Å². The predicted molar refractivity (Wildman–Crippen MR) is 80.6 cm³/mol. The van der Waals surface area contributed by atoms with Gasteiger partial charge in [-0.2, -0.15) is 0 Å². The minimum absolute atomic E-state index is 0.0295. The van der Waals surface area contributed by atoms with E-state index in [0.717, 1.165) is 17.2 Å². The third kappa shape index (κ3) is 2.71. The van der Waals surface area contributed by atoms with E-state index in [9.17, 15) is 4.79 Å². The van der Waals surface area contributed by atoms with Gasteiger partial charge in [-0.3, -0.25) is 10.1 Å². The van der Waals surface area contributed by atoms with Crippen molar-refractivity contribution >= 4 is 17.7 Å². The molecule has 20 heavy (non-hydrogen) atoms. The number of hydrogen-bond acceptors (Lipinski definition) is 4. The van der Waals surface area contributed by atoms with Crippen LogP contribution in [0.4, 0.5) is 0 Å². The Morgan fingerprint density at radius 1 is 1.45 bits per heavy atom. The monoisotopic (exact) mass is 292 g/mol. The van der Waals surface area contributed by atoms with Gasteiger partial charge in [-0.1, -0.05) is 30.3 Å². The zero-order valence-electron chi connectivity index (χ0n) is 11.7. The van der Waals surface area contributed by atoms with Crippen LogP contribution in [-0.4, -0.2) is 48.2 Å². The lowest BCUT2D eigenvalue weighted by molar-refractivity contribution is -0.151. The zero-order chi connectivity index (χ0) is 14.0. The topological polar surface area (TPSA) is 41.6 Å². The number of carbonyl (C=O) groups excluding carboxylic acids is 1. The van der Waals surface area contributed by atoms with Crippen molar-refractivity contribution < 1.29 is 9.53 Å². The minimum Gasteiger partial charge on any atom is -0.367 e. The summed E-state index contributed by atoms with van der Waals surface area (Å²) in [6.07, 6.45) is 0. The first kappa shape index (κ1) is 13.9. The Kier molecular flexibility index (Phi) is 4.01. The summed E-state index contributed by atoms with van der Waals surface area (Å²) in [6.45, 7) is 3.97. The molecule has 1 N–H and O–H groups in total. The summed E-state index contributed by atoms with van der Waals surface area (Å²) in [6, 6.07) is 10.1. The number of nitrogens with zero attached hydrogens (tertiary/aromatic N) is 1. The molecule has 0 spiro atoms. The van der Waals surface area contributed by atoms with Gasteiger partial charge in [0.1, 0.15) is 5.60 Å². The molecule has 0 aromatic heterocycles. The van der Waals surface area contributed by atoms with E-state index in [1.54, 1.807) is 11.8 Å². The number of morpholine rings is 1. The largest absolute Gasteiger partial charge is 0.367 e. The maximum absolute atomic E-state index is 12.5. The van der Waals surface area contributed by atoms with E-state index < -0.39 is 5.60 Å². The summed E-state index contributed by atoms with van der Waals surface area (Å²) in [5.74, 6) is 1.95. The van der Waals surface area contributed by atoms with Crippen LogP contribution in [0.5, 0.6) is 0 Å². The lowest BCUT2D eigenvalue weighted by atomic mass is 9.93. The number of rotatable bonds is 2. The van der Waals surface area contributed by atoms with Crippen LogP contribution < -0.4 is 5.32 Å². The molecule has 1 aromatic rings. The Labute approximate surface area is 123 Å². The fourth-order valence-corrected chi connectivity index (χ4v) is 3.73. The fraction of sp³-hybridized carbons (Fsp3) is 0.533. The normalized spacial score (nSPS) is 30.4. The summed E-state index contributed by atoms with van der Waals surface area (Å²) in [5.41, 5.74) is 0.729. The maximum atomic E-state index is 12.5. The summed E-state index contributed by atoms with van der Waals surface area (Å²) in [5, 5.41) is 3.25. The maximum Gasteiger partial charge on any atom is 0.240 e. The molecule has 1 amide bonds. The molecule has 4 nitrogen and oxygen atoms in total. The van der Waals surface area contributed by atoms with Crippen molar-refractivity contribution in [3.8, 4) is 0 Å². The van der Waals surface area contributed by atoms with Gasteiger partial charge >= 0.3 is 0 Å². The first-order valence-electron chi connectivity index (χ1n) is 6.98. The molecular weight excluding hydrogens is 272 g/mol. The standard InChI is InChI=1S/C15H20N2O2S/c1-15(12-5-3-2-4-6-12)10-17(7-8-19-15)14(18)13-9-20-11-16-13/h2-6,13,16H,7-11H2,1H3/t13-,15-/m0/s1. The SMILES string of the molecule is C[C@@]1(c2ccccc2)CN(C(=O)[C@@H]2CSCN2)CCO1. The molecule has 2 atom stereocenters. The molecule has 0 saturated carbocycles. The van der Waals surface area contributed by atoms with Gasteiger partial charge in [-0.15, -0.1) is 11.8 Å². The van der Waals surface area contributed by atoms with Gasteiger partial charge in [0.2, 0.25) is 5.91 Å². The molecule has 2 saturated heterocycles. The van der Waals surface area contributed by atoms with Crippen LogP contribution in [0, 0.1) is 0 Å². The Balaban J connectivity index is 1.74. The quantitative estimate of drug-likeness (QED) is 0.895. The summed E-state index contributed by atoms with van der Waals surface area (Å²) < 4.78 is 5.98. The molecule has 1 aromatic carbocycles. The third-order valence-corrected chi connectivity index (χ3v) is 4.92. The second kappa shape index (κ2) is 5.76. The van der Waals surface area contributed by atoms with Gasteiger partial charge in [0.05, 0.1) is 19.2 Å². The van der Waals surface area contributed by atoms with E-state index >= 15 is 0 Å². The van der Waals surface area contributed by atoms with Crippen LogP contribution in [0.2, 0.25) is 0 Å². The van der Waals surface area contributed by atoms with E-state index in [1.807, 2.05) is 23.1 Å². The molecular formula is C15H20N2O2S. The lowest BCUT2D eigenvalue weighted by Gasteiger charge is -2.41. The Morgan fingerprint density at radius 3 is 2.95 bits per heavy atom. The Bertz CT molecular complexity index is 476. The highest BCUT2D eigenvalue weighted by molar-refractivity contribution is 7.99. The Hall–Kier alpha value is -1.04. The van der Waals surface area contributed by atoms with Crippen LogP contribution in [0.1, 0.15) is 12.5 Å². The van der Waals surface area contributed by atoms with E-state index in [-0.39, 0.29) is 11.9 Å². The van der Waals surface area contributed by atoms with Crippen molar-refractivity contribution in [2.75, 3.05) is 31.3 Å². The van der Waals surface area contributed by atoms with Crippen molar-refractivity contribution in [2.24, 2.45) is 0 Å². The molecule has 0 radical (unpaired) electrons. The van der Waals surface area contributed by atoms with Crippen LogP contribution in [-0.2, 0) is 15.1 Å². The van der Waals surface area contributed by atoms with E-state index in [1.165, 1.54) is 0 Å². The third-order valence-electron chi connectivity index (χ3n) is 3.98. The predicted octanol–water partition coefficient (Wildman–Crippen LogP) is 1.42. The van der Waals surface area contributed by atoms with Gasteiger partial charge in [0, 0.05) is 18.2 Å². The van der Waals surface area contributed by atoms with Crippen molar-refractivity contribution in [3.63, 3.8) is 0 Å². The van der Waals surface area contributed by atoms with E-state index in [4.69, 9.17) is 4.74 Å². The lowest BCUT2D eigenvalue weighted by Crippen LogP contribution is -2.54. The smallest absolute Gasteiger partial charge is 0.240 e. The second-order valence-electron chi connectivity index (χ2n) is 5.48. The molecule has 2 heterocycles. The van der Waals surface area contributed by atoms with Crippen LogP contribution in [0.25, 0.3) is 0 Å². The van der Waals surface area contributed by atoms with Gasteiger partial charge in [0.15, 0.2) is 0 Å². The molecule has 5 heteroatoms. The van der Waals surface area contributed by atoms with Gasteiger partial charge < -0.3 is 9.64 Å². The molecule has 2 aliphatic rings. The number of carbonyl (C=O) groups is 1. The Morgan fingerprint density at radius 2 is 2.25 bits per heavy atom. The average Bonchev–Trinajstić information content (AvgIpc) is 3.02. The first-order valence-corrected chi connectivity index (χ1v) is 8.14. The molecule has 108 valence electrons. The van der Waals surface area contributed by atoms with E-state index in [2.05, 4.69) is 24.4 Å². The van der Waals surface area contributed by atoms with Crippen molar-refractivity contribution in [1.29, 1.82) is 0 Å². The molecule has 0 aliphatic carbocycles. The fourth-order valence-electron chi connectivity index (χ4n) is 2.80. The van der Waals surface area contributed by atoms with Crippen LogP contribution >= 0.6 is 11.8 Å². The molecule has 2 fully saturated rings. The first-order chi connectivity index (χ1) is 9.69. The van der Waals surface area contributed by atoms with Crippen molar-refractivity contribution in [2.45, 2.75) is 18.6 Å². The van der Waals surface area contributed by atoms with Crippen LogP contribution in [0.3, 0.4) is 0 Å². The van der Waals surface area contributed by atoms with Gasteiger partial charge in [-0.25, -0.2) is 0 Å². The second-order valence-corrected chi connectivity index (χ2v) is 6.51. The average molecular weight is 292 g/mol. The number of hydrogen-bond donors (Lipinski definition) is 1. The molecule has 2 aliphatic heterocycles. The van der Waals surface area contributed by atoms with Crippen molar-refractivity contribution in [1.82, 2.24) is 10.2 Å². The highest BCUT2D eigenvalue weighted by Gasteiger charge is 2.38. The highest BCUT2D eigenvalue weighted by atomic mass is 32.2. The number of benzene rings is 1.